The van der Waals surface area contributed by atoms with Crippen molar-refractivity contribution in [3.05, 3.63) is 24.3 Å². The molecule has 0 heterocycles. The molecule has 0 fully saturated rings. The van der Waals surface area contributed by atoms with Crippen molar-refractivity contribution in [2.45, 2.75) is 30.8 Å². The van der Waals surface area contributed by atoms with E-state index in [0.717, 1.165) is 0 Å². The number of alkyl halides is 1. The fourth-order valence-corrected chi connectivity index (χ4v) is 2.94. The molecular formula is C11H16FNO2S. The van der Waals surface area contributed by atoms with Crippen LogP contribution in [0.4, 0.5) is 10.1 Å². The van der Waals surface area contributed by atoms with E-state index in [2.05, 4.69) is 0 Å². The van der Waals surface area contributed by atoms with Crippen LogP contribution in [0.1, 0.15) is 20.3 Å². The summed E-state index contributed by atoms with van der Waals surface area (Å²) in [6.45, 7) is 2.72. The Bertz CT molecular complexity index is 463. The van der Waals surface area contributed by atoms with Crippen molar-refractivity contribution < 1.29 is 12.8 Å². The molecule has 0 saturated heterocycles. The van der Waals surface area contributed by atoms with Crippen LogP contribution in [0.2, 0.25) is 0 Å². The Morgan fingerprint density at radius 1 is 1.31 bits per heavy atom. The molecule has 0 amide bonds. The highest BCUT2D eigenvalue weighted by Crippen LogP contribution is 2.22. The zero-order valence-electron chi connectivity index (χ0n) is 9.40. The second kappa shape index (κ2) is 4.41. The predicted octanol–water partition coefficient (Wildman–Crippen LogP) is 2.18. The molecule has 0 unspecified atom stereocenters. The number of sulfone groups is 1. The Labute approximate surface area is 95.4 Å². The van der Waals surface area contributed by atoms with Crippen LogP contribution in [-0.4, -0.2) is 19.8 Å². The van der Waals surface area contributed by atoms with Gasteiger partial charge < -0.3 is 5.73 Å². The summed E-state index contributed by atoms with van der Waals surface area (Å²) in [7, 11) is -3.49. The van der Waals surface area contributed by atoms with Gasteiger partial charge in [-0.05, 0) is 32.4 Å². The largest absolute Gasteiger partial charge is 0.398 e. The molecule has 0 radical (unpaired) electrons. The van der Waals surface area contributed by atoms with Gasteiger partial charge in [-0.1, -0.05) is 12.1 Å². The number of anilines is 1. The van der Waals surface area contributed by atoms with Crippen molar-refractivity contribution in [1.82, 2.24) is 0 Å². The normalized spacial score (nSPS) is 12.7. The average molecular weight is 245 g/mol. The highest BCUT2D eigenvalue weighted by molar-refractivity contribution is 7.91. The monoisotopic (exact) mass is 245 g/mol. The van der Waals surface area contributed by atoms with Gasteiger partial charge in [0, 0.05) is 0 Å². The maximum atomic E-state index is 13.2. The van der Waals surface area contributed by atoms with Crippen molar-refractivity contribution >= 4 is 15.5 Å². The van der Waals surface area contributed by atoms with Crippen LogP contribution in [0.5, 0.6) is 0 Å². The maximum absolute atomic E-state index is 13.2. The number of para-hydroxylation sites is 1. The lowest BCUT2D eigenvalue weighted by molar-refractivity contribution is 0.211. The molecule has 0 atom stereocenters. The zero-order chi connectivity index (χ0) is 12.4. The van der Waals surface area contributed by atoms with Crippen molar-refractivity contribution in [1.29, 1.82) is 0 Å². The molecule has 0 aliphatic carbocycles. The Morgan fingerprint density at radius 3 is 2.38 bits per heavy atom. The molecule has 5 heteroatoms. The molecule has 0 aliphatic rings. The number of benzene rings is 1. The Morgan fingerprint density at radius 2 is 1.88 bits per heavy atom. The van der Waals surface area contributed by atoms with Crippen molar-refractivity contribution in [3.8, 4) is 0 Å². The van der Waals surface area contributed by atoms with E-state index in [0.29, 0.717) is 0 Å². The summed E-state index contributed by atoms with van der Waals surface area (Å²) >= 11 is 0. The zero-order valence-corrected chi connectivity index (χ0v) is 10.2. The lowest BCUT2D eigenvalue weighted by atomic mass is 10.1. The third kappa shape index (κ3) is 3.48. The predicted molar refractivity (Wildman–Crippen MR) is 62.7 cm³/mol. The van der Waals surface area contributed by atoms with Gasteiger partial charge in [0.15, 0.2) is 9.84 Å². The first-order chi connectivity index (χ1) is 7.22. The minimum atomic E-state index is -3.49. The minimum Gasteiger partial charge on any atom is -0.398 e. The van der Waals surface area contributed by atoms with Gasteiger partial charge in [0.05, 0.1) is 16.3 Å². The van der Waals surface area contributed by atoms with Crippen LogP contribution < -0.4 is 5.73 Å². The Hall–Kier alpha value is -1.10. The van der Waals surface area contributed by atoms with E-state index in [1.807, 2.05) is 0 Å². The topological polar surface area (TPSA) is 60.2 Å². The fraction of sp³-hybridized carbons (Fsp3) is 0.455. The third-order valence-corrected chi connectivity index (χ3v) is 4.00. The first-order valence-electron chi connectivity index (χ1n) is 4.98. The van der Waals surface area contributed by atoms with Gasteiger partial charge in [-0.2, -0.15) is 0 Å². The lowest BCUT2D eigenvalue weighted by Gasteiger charge is -2.14. The van der Waals surface area contributed by atoms with Gasteiger partial charge in [-0.3, -0.25) is 0 Å². The molecule has 90 valence electrons. The number of halogens is 1. The molecule has 1 aromatic carbocycles. The van der Waals surface area contributed by atoms with Crippen LogP contribution in [-0.2, 0) is 9.84 Å². The summed E-state index contributed by atoms with van der Waals surface area (Å²) < 4.78 is 36.9. The van der Waals surface area contributed by atoms with E-state index >= 15 is 0 Å². The number of hydrogen-bond acceptors (Lipinski definition) is 3. The Balaban J connectivity index is 2.92. The molecule has 0 aliphatic heterocycles. The summed E-state index contributed by atoms with van der Waals surface area (Å²) in [4.78, 5) is 0.0826. The maximum Gasteiger partial charge on any atom is 0.180 e. The van der Waals surface area contributed by atoms with E-state index in [1.165, 1.54) is 26.0 Å². The molecule has 1 aromatic rings. The number of hydrogen-bond donors (Lipinski definition) is 1. The number of rotatable bonds is 4. The standard InChI is InChI=1S/C11H16FNO2S/c1-11(2,12)7-8-16(14,15)10-6-4-3-5-9(10)13/h3-6H,7-8,13H2,1-2H3. The summed E-state index contributed by atoms with van der Waals surface area (Å²) in [6, 6.07) is 6.22. The molecular weight excluding hydrogens is 229 g/mol. The Kier molecular flexibility index (Phi) is 3.57. The van der Waals surface area contributed by atoms with Gasteiger partial charge in [-0.25, -0.2) is 12.8 Å². The minimum absolute atomic E-state index is 0.0380. The van der Waals surface area contributed by atoms with Crippen molar-refractivity contribution in [2.75, 3.05) is 11.5 Å². The summed E-state index contributed by atoms with van der Waals surface area (Å²) in [6.07, 6.45) is -0.0380. The van der Waals surface area contributed by atoms with Gasteiger partial charge in [0.25, 0.3) is 0 Å². The van der Waals surface area contributed by atoms with E-state index in [1.54, 1.807) is 12.1 Å². The first kappa shape index (κ1) is 13.0. The van der Waals surface area contributed by atoms with E-state index in [4.69, 9.17) is 5.73 Å². The van der Waals surface area contributed by atoms with Gasteiger partial charge in [-0.15, -0.1) is 0 Å². The highest BCUT2D eigenvalue weighted by atomic mass is 32.2. The van der Waals surface area contributed by atoms with E-state index < -0.39 is 15.5 Å². The van der Waals surface area contributed by atoms with E-state index in [-0.39, 0.29) is 22.8 Å². The van der Waals surface area contributed by atoms with Gasteiger partial charge in [0.1, 0.15) is 5.67 Å². The van der Waals surface area contributed by atoms with Crippen LogP contribution in [0.15, 0.2) is 29.2 Å². The number of nitrogens with two attached hydrogens (primary N) is 1. The molecule has 3 nitrogen and oxygen atoms in total. The molecule has 0 aromatic heterocycles. The summed E-state index contributed by atoms with van der Waals surface area (Å²) in [5.74, 6) is -0.231. The van der Waals surface area contributed by atoms with Crippen molar-refractivity contribution in [3.63, 3.8) is 0 Å². The molecule has 1 rings (SSSR count). The second-order valence-corrected chi connectivity index (χ2v) is 6.40. The molecule has 0 spiro atoms. The van der Waals surface area contributed by atoms with Crippen molar-refractivity contribution in [2.24, 2.45) is 0 Å². The highest BCUT2D eigenvalue weighted by Gasteiger charge is 2.23. The molecule has 2 N–H and O–H groups in total. The molecule has 0 saturated carbocycles. The summed E-state index contributed by atoms with van der Waals surface area (Å²) in [5.41, 5.74) is 4.29. The van der Waals surface area contributed by atoms with Gasteiger partial charge in [0.2, 0.25) is 0 Å². The van der Waals surface area contributed by atoms with Crippen LogP contribution in [0.25, 0.3) is 0 Å². The van der Waals surface area contributed by atoms with Crippen LogP contribution >= 0.6 is 0 Å². The van der Waals surface area contributed by atoms with Crippen LogP contribution in [0, 0.1) is 0 Å². The number of nitrogen functional groups attached to an aromatic ring is 1. The lowest BCUT2D eigenvalue weighted by Crippen LogP contribution is -2.19. The second-order valence-electron chi connectivity index (χ2n) is 4.33. The van der Waals surface area contributed by atoms with Gasteiger partial charge >= 0.3 is 0 Å². The van der Waals surface area contributed by atoms with Crippen LogP contribution in [0.3, 0.4) is 0 Å². The smallest absolute Gasteiger partial charge is 0.180 e. The fourth-order valence-electron chi connectivity index (χ4n) is 1.25. The summed E-state index contributed by atoms with van der Waals surface area (Å²) in [5, 5.41) is 0. The van der Waals surface area contributed by atoms with E-state index in [9.17, 15) is 12.8 Å². The molecule has 0 bridgehead atoms. The quantitative estimate of drug-likeness (QED) is 0.827. The average Bonchev–Trinajstić information content (AvgIpc) is 2.14. The first-order valence-corrected chi connectivity index (χ1v) is 6.64. The molecule has 16 heavy (non-hydrogen) atoms. The third-order valence-electron chi connectivity index (χ3n) is 2.22. The SMILES string of the molecule is CC(C)(F)CCS(=O)(=O)c1ccccc1N.